The molecule has 1 aromatic carbocycles. The van der Waals surface area contributed by atoms with Gasteiger partial charge >= 0.3 is 5.69 Å². The van der Waals surface area contributed by atoms with Gasteiger partial charge in [-0.3, -0.25) is 14.2 Å². The number of carbonyl (C=O) groups is 1. The largest absolute Gasteiger partial charge is 0.377 e. The highest BCUT2D eigenvalue weighted by molar-refractivity contribution is 5.79. The predicted octanol–water partition coefficient (Wildman–Crippen LogP) is 0.717. The fraction of sp³-hybridized carbons (Fsp3) is 0.471. The lowest BCUT2D eigenvalue weighted by Gasteiger charge is -2.32. The molecule has 1 fully saturated rings. The van der Waals surface area contributed by atoms with Gasteiger partial charge in [-0.25, -0.2) is 4.79 Å². The van der Waals surface area contributed by atoms with Crippen molar-refractivity contribution in [1.82, 2.24) is 14.5 Å². The van der Waals surface area contributed by atoms with E-state index in [-0.39, 0.29) is 18.6 Å². The van der Waals surface area contributed by atoms with Crippen LogP contribution in [0.4, 0.5) is 0 Å². The molecule has 1 amide bonds. The summed E-state index contributed by atoms with van der Waals surface area (Å²) in [5, 5.41) is 0.399. The van der Waals surface area contributed by atoms with E-state index >= 15 is 0 Å². The van der Waals surface area contributed by atoms with Crippen LogP contribution < -0.4 is 11.2 Å². The van der Waals surface area contributed by atoms with Crippen LogP contribution in [0.15, 0.2) is 33.9 Å². The maximum Gasteiger partial charge on any atom is 0.329 e. The van der Waals surface area contributed by atoms with Gasteiger partial charge in [-0.15, -0.1) is 0 Å². The number of nitrogens with one attached hydrogen (secondary N) is 1. The molecule has 1 aromatic heterocycles. The summed E-state index contributed by atoms with van der Waals surface area (Å²) in [6, 6.07) is 6.78. The molecule has 0 saturated carbocycles. The molecule has 1 aliphatic rings. The van der Waals surface area contributed by atoms with Gasteiger partial charge in [-0.1, -0.05) is 12.1 Å². The van der Waals surface area contributed by atoms with Gasteiger partial charge in [0.05, 0.1) is 17.0 Å². The number of piperidine rings is 1. The Bertz CT molecular complexity index is 853. The van der Waals surface area contributed by atoms with Crippen LogP contribution in [0.5, 0.6) is 0 Å². The van der Waals surface area contributed by atoms with E-state index in [0.29, 0.717) is 30.6 Å². The molecule has 24 heavy (non-hydrogen) atoms. The van der Waals surface area contributed by atoms with E-state index < -0.39 is 11.2 Å². The average Bonchev–Trinajstić information content (AvgIpc) is 2.59. The second kappa shape index (κ2) is 7.00. The van der Waals surface area contributed by atoms with Crippen molar-refractivity contribution in [3.8, 4) is 0 Å². The Kier molecular flexibility index (Phi) is 4.80. The summed E-state index contributed by atoms with van der Waals surface area (Å²) in [5.74, 6) is -0.234. The average molecular weight is 331 g/mol. The van der Waals surface area contributed by atoms with Crippen LogP contribution in [0.25, 0.3) is 10.9 Å². The van der Waals surface area contributed by atoms with Gasteiger partial charge in [0.25, 0.3) is 5.56 Å². The Morgan fingerprint density at radius 2 is 2.12 bits per heavy atom. The van der Waals surface area contributed by atoms with Crippen LogP contribution in [0.3, 0.4) is 0 Å². The molecule has 2 aromatic rings. The highest BCUT2D eigenvalue weighted by atomic mass is 16.5. The molecule has 0 radical (unpaired) electrons. The molecule has 1 saturated heterocycles. The van der Waals surface area contributed by atoms with E-state index in [0.717, 1.165) is 17.4 Å². The Morgan fingerprint density at radius 3 is 2.92 bits per heavy atom. The molecule has 2 heterocycles. The Hall–Kier alpha value is -2.41. The van der Waals surface area contributed by atoms with Gasteiger partial charge < -0.3 is 14.6 Å². The Labute approximate surface area is 138 Å². The van der Waals surface area contributed by atoms with E-state index in [1.165, 1.54) is 0 Å². The van der Waals surface area contributed by atoms with Crippen molar-refractivity contribution in [2.24, 2.45) is 0 Å². The topological polar surface area (TPSA) is 84.4 Å². The molecule has 7 nitrogen and oxygen atoms in total. The van der Waals surface area contributed by atoms with Gasteiger partial charge in [0.2, 0.25) is 5.91 Å². The number of hydrogen-bond acceptors (Lipinski definition) is 4. The highest BCUT2D eigenvalue weighted by Crippen LogP contribution is 2.13. The number of para-hydroxylation sites is 1. The summed E-state index contributed by atoms with van der Waals surface area (Å²) in [4.78, 5) is 41.5. The maximum absolute atomic E-state index is 12.5. The highest BCUT2D eigenvalue weighted by Gasteiger charge is 2.24. The molecule has 3 rings (SSSR count). The summed E-state index contributed by atoms with van der Waals surface area (Å²) in [5.41, 5.74) is -0.530. The molecule has 1 atom stereocenters. The smallest absolute Gasteiger partial charge is 0.329 e. The first-order valence-electron chi connectivity index (χ1n) is 8.21. The zero-order chi connectivity index (χ0) is 17.1. The number of H-pyrrole nitrogens is 1. The summed E-state index contributed by atoms with van der Waals surface area (Å²) in [6.07, 6.45) is 1.81. The normalized spacial score (nSPS) is 18.0. The molecular weight excluding hydrogens is 310 g/mol. The van der Waals surface area contributed by atoms with Crippen molar-refractivity contribution in [3.63, 3.8) is 0 Å². The molecule has 1 aliphatic heterocycles. The van der Waals surface area contributed by atoms with Crippen LogP contribution in [-0.4, -0.2) is 46.2 Å². The van der Waals surface area contributed by atoms with E-state index in [1.54, 1.807) is 29.2 Å². The second-order valence-electron chi connectivity index (χ2n) is 5.93. The zero-order valence-electron chi connectivity index (χ0n) is 13.7. The number of rotatable bonds is 4. The van der Waals surface area contributed by atoms with Gasteiger partial charge in [0.15, 0.2) is 0 Å². The number of carbonyl (C=O) groups excluding carboxylic acids is 1. The van der Waals surface area contributed by atoms with Crippen LogP contribution >= 0.6 is 0 Å². The molecule has 0 bridgehead atoms. The van der Waals surface area contributed by atoms with E-state index in [1.807, 2.05) is 6.92 Å². The third kappa shape index (κ3) is 3.26. The number of benzene rings is 1. The lowest BCUT2D eigenvalue weighted by molar-refractivity contribution is -0.136. The quantitative estimate of drug-likeness (QED) is 0.894. The SMILES string of the molecule is CCOC1CCCN(C(=O)Cn2c(=O)[nH]c3ccccc3c2=O)C1. The van der Waals surface area contributed by atoms with Crippen molar-refractivity contribution in [2.75, 3.05) is 19.7 Å². The van der Waals surface area contributed by atoms with Crippen molar-refractivity contribution in [1.29, 1.82) is 0 Å². The van der Waals surface area contributed by atoms with Crippen LogP contribution in [-0.2, 0) is 16.1 Å². The minimum atomic E-state index is -0.564. The number of aromatic nitrogens is 2. The standard InChI is InChI=1S/C17H21N3O4/c1-2-24-12-6-5-9-19(10-12)15(21)11-20-16(22)13-7-3-4-8-14(13)18-17(20)23/h3-4,7-8,12H,2,5-6,9-11H2,1H3,(H,18,23). The van der Waals surface area contributed by atoms with Crippen LogP contribution in [0.2, 0.25) is 0 Å². The maximum atomic E-state index is 12.5. The van der Waals surface area contributed by atoms with Gasteiger partial charge in [-0.05, 0) is 31.9 Å². The molecule has 7 heteroatoms. The minimum absolute atomic E-state index is 0.0271. The molecule has 1 N–H and O–H groups in total. The number of amides is 1. The lowest BCUT2D eigenvalue weighted by Crippen LogP contribution is -2.47. The number of ether oxygens (including phenoxy) is 1. The first-order valence-corrected chi connectivity index (χ1v) is 8.21. The van der Waals surface area contributed by atoms with Crippen molar-refractivity contribution < 1.29 is 9.53 Å². The third-order valence-corrected chi connectivity index (χ3v) is 4.32. The number of hydrogen-bond donors (Lipinski definition) is 1. The minimum Gasteiger partial charge on any atom is -0.377 e. The monoisotopic (exact) mass is 331 g/mol. The van der Waals surface area contributed by atoms with Gasteiger partial charge in [0.1, 0.15) is 6.54 Å². The third-order valence-electron chi connectivity index (χ3n) is 4.32. The number of aromatic amines is 1. The van der Waals surface area contributed by atoms with Gasteiger partial charge in [0, 0.05) is 19.7 Å². The van der Waals surface area contributed by atoms with Gasteiger partial charge in [-0.2, -0.15) is 0 Å². The molecule has 0 aliphatic carbocycles. The fourth-order valence-electron chi connectivity index (χ4n) is 3.11. The van der Waals surface area contributed by atoms with E-state index in [2.05, 4.69) is 4.98 Å². The molecule has 0 spiro atoms. The van der Waals surface area contributed by atoms with Crippen molar-refractivity contribution >= 4 is 16.8 Å². The van der Waals surface area contributed by atoms with Crippen LogP contribution in [0.1, 0.15) is 19.8 Å². The summed E-state index contributed by atoms with van der Waals surface area (Å²) in [7, 11) is 0. The van der Waals surface area contributed by atoms with E-state index in [4.69, 9.17) is 4.74 Å². The summed E-state index contributed by atoms with van der Waals surface area (Å²) < 4.78 is 6.56. The van der Waals surface area contributed by atoms with Crippen molar-refractivity contribution in [2.45, 2.75) is 32.4 Å². The lowest BCUT2D eigenvalue weighted by atomic mass is 10.1. The fourth-order valence-corrected chi connectivity index (χ4v) is 3.11. The first kappa shape index (κ1) is 16.4. The molecule has 1 unspecified atom stereocenters. The predicted molar refractivity (Wildman–Crippen MR) is 90.1 cm³/mol. The van der Waals surface area contributed by atoms with E-state index in [9.17, 15) is 14.4 Å². The van der Waals surface area contributed by atoms with Crippen LogP contribution in [0, 0.1) is 0 Å². The number of nitrogens with zero attached hydrogens (tertiary/aromatic N) is 2. The summed E-state index contributed by atoms with van der Waals surface area (Å²) in [6.45, 7) is 3.42. The Balaban J connectivity index is 1.83. The first-order chi connectivity index (χ1) is 11.6. The second-order valence-corrected chi connectivity index (χ2v) is 5.93. The molecular formula is C17H21N3O4. The number of likely N-dealkylation sites (tertiary alicyclic amines) is 1. The summed E-state index contributed by atoms with van der Waals surface area (Å²) >= 11 is 0. The van der Waals surface area contributed by atoms with Crippen molar-refractivity contribution in [3.05, 3.63) is 45.1 Å². The number of fused-ring (bicyclic) bond motifs is 1. The molecule has 128 valence electrons. The zero-order valence-corrected chi connectivity index (χ0v) is 13.7. The Morgan fingerprint density at radius 1 is 1.33 bits per heavy atom.